The molecule has 2 aromatic carbocycles. The number of aryl methyl sites for hydroxylation is 1. The molecule has 0 saturated heterocycles. The Kier molecular flexibility index (Phi) is 4.80. The number of imidazole rings is 1. The lowest BCUT2D eigenvalue weighted by Gasteiger charge is -2.08. The van der Waals surface area contributed by atoms with E-state index in [4.69, 9.17) is 0 Å². The summed E-state index contributed by atoms with van der Waals surface area (Å²) in [6.45, 7) is 1.64. The lowest BCUT2D eigenvalue weighted by molar-refractivity contribution is 0.101. The Hall–Kier alpha value is -2.71. The third kappa shape index (κ3) is 3.33. The van der Waals surface area contributed by atoms with E-state index in [2.05, 4.69) is 4.72 Å². The van der Waals surface area contributed by atoms with Gasteiger partial charge in [-0.25, -0.2) is 17.9 Å². The normalized spacial score (nSPS) is 11.8. The van der Waals surface area contributed by atoms with Gasteiger partial charge in [0, 0.05) is 25.7 Å². The fraction of sp³-hybridized carbons (Fsp3) is 0.222. The second kappa shape index (κ2) is 6.89. The molecule has 8 heteroatoms. The zero-order valence-corrected chi connectivity index (χ0v) is 15.3. The molecular formula is C18H19N3O4S. The molecule has 0 spiro atoms. The van der Waals surface area contributed by atoms with E-state index in [1.165, 1.54) is 34.3 Å². The van der Waals surface area contributed by atoms with Crippen LogP contribution in [0.2, 0.25) is 0 Å². The van der Waals surface area contributed by atoms with Gasteiger partial charge in [-0.05, 0) is 31.2 Å². The lowest BCUT2D eigenvalue weighted by atomic mass is 10.2. The fourth-order valence-corrected chi connectivity index (χ4v) is 3.90. The number of para-hydroxylation sites is 2. The molecule has 1 aromatic heterocycles. The number of fused-ring (bicyclic) bond motifs is 1. The highest BCUT2D eigenvalue weighted by molar-refractivity contribution is 7.89. The maximum absolute atomic E-state index is 12.4. The molecule has 1 heterocycles. The number of carbonyl (C=O) groups is 1. The molecule has 0 saturated carbocycles. The van der Waals surface area contributed by atoms with Crippen LogP contribution >= 0.6 is 0 Å². The Bertz CT molecular complexity index is 1140. The van der Waals surface area contributed by atoms with Gasteiger partial charge < -0.3 is 0 Å². The monoisotopic (exact) mass is 373 g/mol. The number of carbonyl (C=O) groups excluding carboxylic acids is 1. The molecule has 0 aliphatic rings. The zero-order chi connectivity index (χ0) is 18.9. The average Bonchev–Trinajstić information content (AvgIpc) is 2.87. The second-order valence-electron chi connectivity index (χ2n) is 5.96. The number of nitrogens with one attached hydrogen (secondary N) is 1. The topological polar surface area (TPSA) is 90.2 Å². The largest absolute Gasteiger partial charge is 0.328 e. The van der Waals surface area contributed by atoms with Gasteiger partial charge in [0.2, 0.25) is 10.0 Å². The molecule has 26 heavy (non-hydrogen) atoms. The van der Waals surface area contributed by atoms with Crippen LogP contribution in [0.15, 0.2) is 58.2 Å². The van der Waals surface area contributed by atoms with E-state index in [0.717, 1.165) is 11.0 Å². The van der Waals surface area contributed by atoms with E-state index >= 15 is 0 Å². The van der Waals surface area contributed by atoms with Crippen molar-refractivity contribution < 1.29 is 13.2 Å². The number of Topliss-reactive ketones (excluding diaryl/α,β-unsaturated/α-hetero) is 1. The van der Waals surface area contributed by atoms with Gasteiger partial charge in [-0.1, -0.05) is 24.3 Å². The van der Waals surface area contributed by atoms with Gasteiger partial charge >= 0.3 is 5.69 Å². The van der Waals surface area contributed by atoms with Crippen molar-refractivity contribution in [3.63, 3.8) is 0 Å². The molecule has 7 nitrogen and oxygen atoms in total. The Labute approximate surface area is 150 Å². The molecule has 0 aliphatic carbocycles. The molecule has 0 amide bonds. The highest BCUT2D eigenvalue weighted by Crippen LogP contribution is 2.13. The highest BCUT2D eigenvalue weighted by atomic mass is 32.2. The van der Waals surface area contributed by atoms with Crippen LogP contribution in [0.5, 0.6) is 0 Å². The van der Waals surface area contributed by atoms with Gasteiger partial charge in [0.25, 0.3) is 0 Å². The van der Waals surface area contributed by atoms with Gasteiger partial charge in [0.1, 0.15) is 0 Å². The first-order valence-corrected chi connectivity index (χ1v) is 9.54. The van der Waals surface area contributed by atoms with E-state index in [1.807, 2.05) is 24.3 Å². The number of sulfonamides is 1. The van der Waals surface area contributed by atoms with Crippen LogP contribution in [0.4, 0.5) is 0 Å². The molecule has 0 bridgehead atoms. The standard InChI is InChI=1S/C18H19N3O4S/c1-13(22)14-6-5-7-15(12-14)26(24,25)19-10-11-21-17-9-4-3-8-16(17)20(2)18(21)23/h3-9,12,19H,10-11H2,1-2H3. The minimum absolute atomic E-state index is 0.0236. The molecule has 0 atom stereocenters. The van der Waals surface area contributed by atoms with Gasteiger partial charge in [-0.2, -0.15) is 0 Å². The summed E-state index contributed by atoms with van der Waals surface area (Å²) in [4.78, 5) is 23.8. The molecule has 0 unspecified atom stereocenters. The Morgan fingerprint density at radius 2 is 1.77 bits per heavy atom. The maximum Gasteiger partial charge on any atom is 0.328 e. The quantitative estimate of drug-likeness (QED) is 0.664. The molecule has 0 fully saturated rings. The number of rotatable bonds is 6. The fourth-order valence-electron chi connectivity index (χ4n) is 2.84. The number of hydrogen-bond donors (Lipinski definition) is 1. The summed E-state index contributed by atoms with van der Waals surface area (Å²) in [6.07, 6.45) is 0. The summed E-state index contributed by atoms with van der Waals surface area (Å²) in [5.74, 6) is -0.204. The molecular weight excluding hydrogens is 354 g/mol. The van der Waals surface area contributed by atoms with E-state index in [1.54, 1.807) is 13.1 Å². The molecule has 0 radical (unpaired) electrons. The molecule has 1 N–H and O–H groups in total. The van der Waals surface area contributed by atoms with Crippen molar-refractivity contribution in [1.29, 1.82) is 0 Å². The van der Waals surface area contributed by atoms with Crippen LogP contribution in [0.25, 0.3) is 11.0 Å². The minimum atomic E-state index is -3.77. The Morgan fingerprint density at radius 3 is 2.46 bits per heavy atom. The minimum Gasteiger partial charge on any atom is -0.295 e. The van der Waals surface area contributed by atoms with Crippen molar-refractivity contribution >= 4 is 26.8 Å². The molecule has 136 valence electrons. The summed E-state index contributed by atoms with van der Waals surface area (Å²) in [7, 11) is -2.09. The predicted molar refractivity (Wildman–Crippen MR) is 98.8 cm³/mol. The van der Waals surface area contributed by atoms with Crippen LogP contribution in [-0.4, -0.2) is 29.9 Å². The van der Waals surface area contributed by atoms with Gasteiger partial charge in [-0.15, -0.1) is 0 Å². The van der Waals surface area contributed by atoms with Crippen molar-refractivity contribution in [2.45, 2.75) is 18.4 Å². The molecule has 3 aromatic rings. The van der Waals surface area contributed by atoms with Crippen molar-refractivity contribution in [2.24, 2.45) is 7.05 Å². The average molecular weight is 373 g/mol. The van der Waals surface area contributed by atoms with E-state index in [0.29, 0.717) is 5.56 Å². The summed E-state index contributed by atoms with van der Waals surface area (Å²) in [6, 6.07) is 13.2. The van der Waals surface area contributed by atoms with Crippen molar-refractivity contribution in [3.05, 3.63) is 64.6 Å². The molecule has 0 aliphatic heterocycles. The summed E-state index contributed by atoms with van der Waals surface area (Å²) in [5, 5.41) is 0. The van der Waals surface area contributed by atoms with Gasteiger partial charge in [0.05, 0.1) is 15.9 Å². The first kappa shape index (κ1) is 18.1. The SMILES string of the molecule is CC(=O)c1cccc(S(=O)(=O)NCCn2c(=O)n(C)c3ccccc32)c1. The second-order valence-corrected chi connectivity index (χ2v) is 7.73. The predicted octanol–water partition coefficient (Wildman–Crippen LogP) is 1.52. The van der Waals surface area contributed by atoms with Gasteiger partial charge in [-0.3, -0.25) is 13.9 Å². The van der Waals surface area contributed by atoms with Crippen LogP contribution in [0, 0.1) is 0 Å². The third-order valence-corrected chi connectivity index (χ3v) is 5.69. The van der Waals surface area contributed by atoms with E-state index < -0.39 is 10.0 Å². The summed E-state index contributed by atoms with van der Waals surface area (Å²) < 4.78 is 30.4. The molecule has 3 rings (SSSR count). The van der Waals surface area contributed by atoms with Crippen LogP contribution in [0.1, 0.15) is 17.3 Å². The number of ketones is 1. The first-order chi connectivity index (χ1) is 12.3. The van der Waals surface area contributed by atoms with Crippen molar-refractivity contribution in [2.75, 3.05) is 6.54 Å². The van der Waals surface area contributed by atoms with Crippen LogP contribution < -0.4 is 10.4 Å². The zero-order valence-electron chi connectivity index (χ0n) is 14.5. The smallest absolute Gasteiger partial charge is 0.295 e. The Morgan fingerprint density at radius 1 is 1.08 bits per heavy atom. The van der Waals surface area contributed by atoms with Crippen molar-refractivity contribution in [3.8, 4) is 0 Å². The number of aromatic nitrogens is 2. The number of benzene rings is 2. The Balaban J connectivity index is 1.80. The highest BCUT2D eigenvalue weighted by Gasteiger charge is 2.16. The summed E-state index contributed by atoms with van der Waals surface area (Å²) in [5.41, 5.74) is 1.66. The van der Waals surface area contributed by atoms with Gasteiger partial charge in [0.15, 0.2) is 5.78 Å². The lowest BCUT2D eigenvalue weighted by Crippen LogP contribution is -2.31. The van der Waals surface area contributed by atoms with Crippen LogP contribution in [0.3, 0.4) is 0 Å². The summed E-state index contributed by atoms with van der Waals surface area (Å²) >= 11 is 0. The van der Waals surface area contributed by atoms with Crippen molar-refractivity contribution in [1.82, 2.24) is 13.9 Å². The third-order valence-electron chi connectivity index (χ3n) is 4.23. The van der Waals surface area contributed by atoms with E-state index in [9.17, 15) is 18.0 Å². The number of hydrogen-bond acceptors (Lipinski definition) is 4. The first-order valence-electron chi connectivity index (χ1n) is 8.06. The maximum atomic E-state index is 12.4. The van der Waals surface area contributed by atoms with Crippen LogP contribution in [-0.2, 0) is 23.6 Å². The van der Waals surface area contributed by atoms with E-state index in [-0.39, 0.29) is 29.5 Å². The number of nitrogens with zero attached hydrogens (tertiary/aromatic N) is 2.